The van der Waals surface area contributed by atoms with E-state index in [1.165, 1.54) is 32.1 Å². The normalized spacial score (nSPS) is 13.2. The molecular formula is C13H31NO2Si. The predicted octanol–water partition coefficient (Wildman–Crippen LogP) is 2.97. The Morgan fingerprint density at radius 2 is 1.53 bits per heavy atom. The molecule has 0 aromatic carbocycles. The van der Waals surface area contributed by atoms with Crippen LogP contribution in [0.1, 0.15) is 59.3 Å². The van der Waals surface area contributed by atoms with Gasteiger partial charge < -0.3 is 14.6 Å². The van der Waals surface area contributed by atoms with Crippen LogP contribution in [-0.2, 0) is 8.85 Å². The number of nitrogens with two attached hydrogens (primary N) is 1. The maximum atomic E-state index is 5.86. The fraction of sp³-hybridized carbons (Fsp3) is 1.00. The van der Waals surface area contributed by atoms with Gasteiger partial charge in [0.2, 0.25) is 0 Å². The van der Waals surface area contributed by atoms with E-state index >= 15 is 0 Å². The van der Waals surface area contributed by atoms with Crippen LogP contribution >= 0.6 is 0 Å². The summed E-state index contributed by atoms with van der Waals surface area (Å²) in [7, 11) is -1.46. The van der Waals surface area contributed by atoms with Crippen molar-refractivity contribution in [3.8, 4) is 0 Å². The van der Waals surface area contributed by atoms with Gasteiger partial charge in [0.1, 0.15) is 0 Å². The molecule has 3 nitrogen and oxygen atoms in total. The monoisotopic (exact) mass is 261 g/mol. The van der Waals surface area contributed by atoms with Crippen LogP contribution in [0.15, 0.2) is 0 Å². The van der Waals surface area contributed by atoms with Crippen molar-refractivity contribution in [1.82, 2.24) is 0 Å². The number of unbranched alkanes of at least 4 members (excludes halogenated alkanes) is 2. The van der Waals surface area contributed by atoms with E-state index in [0.29, 0.717) is 5.54 Å². The third kappa shape index (κ3) is 8.77. The number of hydrogen-bond acceptors (Lipinski definition) is 3. The molecule has 0 saturated carbocycles. The second-order valence-electron chi connectivity index (χ2n) is 4.47. The molecule has 1 unspecified atom stereocenters. The molecular weight excluding hydrogens is 230 g/mol. The fourth-order valence-corrected chi connectivity index (χ4v) is 4.40. The van der Waals surface area contributed by atoms with Crippen LogP contribution in [0.4, 0.5) is 0 Å². The summed E-state index contributed by atoms with van der Waals surface area (Å²) in [4.78, 5) is 0. The molecule has 4 heteroatoms. The zero-order chi connectivity index (χ0) is 12.9. The first-order valence-electron chi connectivity index (χ1n) is 7.23. The highest BCUT2D eigenvalue weighted by atomic mass is 28.3. The van der Waals surface area contributed by atoms with Gasteiger partial charge in [0.15, 0.2) is 0 Å². The Balaban J connectivity index is 4.15. The Hall–Kier alpha value is 0.0969. The largest absolute Gasteiger partial charge is 0.397 e. The van der Waals surface area contributed by atoms with Crippen LogP contribution in [-0.4, -0.2) is 29.0 Å². The van der Waals surface area contributed by atoms with E-state index in [9.17, 15) is 0 Å². The molecule has 0 heterocycles. The Morgan fingerprint density at radius 1 is 0.941 bits per heavy atom. The highest BCUT2D eigenvalue weighted by molar-refractivity contribution is 6.46. The average Bonchev–Trinajstić information content (AvgIpc) is 2.33. The second-order valence-corrected chi connectivity index (χ2v) is 6.81. The van der Waals surface area contributed by atoms with Gasteiger partial charge in [-0.15, -0.1) is 0 Å². The van der Waals surface area contributed by atoms with Crippen LogP contribution in [0.2, 0.25) is 5.54 Å². The Kier molecular flexibility index (Phi) is 12.6. The molecule has 0 spiro atoms. The van der Waals surface area contributed by atoms with Gasteiger partial charge in [0, 0.05) is 13.2 Å². The summed E-state index contributed by atoms with van der Waals surface area (Å²) in [5.74, 6) is 0. The van der Waals surface area contributed by atoms with Crippen molar-refractivity contribution < 1.29 is 8.85 Å². The highest BCUT2D eigenvalue weighted by Crippen LogP contribution is 2.26. The van der Waals surface area contributed by atoms with Gasteiger partial charge in [-0.05, 0) is 45.2 Å². The van der Waals surface area contributed by atoms with Crippen molar-refractivity contribution in [2.24, 2.45) is 5.73 Å². The molecule has 0 aliphatic rings. The maximum absolute atomic E-state index is 5.86. The van der Waals surface area contributed by atoms with Gasteiger partial charge in [-0.2, -0.15) is 0 Å². The minimum atomic E-state index is -1.46. The van der Waals surface area contributed by atoms with Crippen molar-refractivity contribution in [2.45, 2.75) is 64.8 Å². The van der Waals surface area contributed by atoms with Crippen LogP contribution < -0.4 is 5.73 Å². The van der Waals surface area contributed by atoms with E-state index in [2.05, 4.69) is 20.8 Å². The fourth-order valence-electron chi connectivity index (χ4n) is 2.08. The molecule has 0 aliphatic heterocycles. The Morgan fingerprint density at radius 3 is 2.00 bits per heavy atom. The Bertz CT molecular complexity index is 152. The molecule has 0 aromatic heterocycles. The van der Waals surface area contributed by atoms with Crippen LogP contribution in [0.25, 0.3) is 0 Å². The third-order valence-corrected chi connectivity index (χ3v) is 5.76. The first-order valence-corrected chi connectivity index (χ1v) is 8.84. The molecule has 0 amide bonds. The van der Waals surface area contributed by atoms with E-state index in [4.69, 9.17) is 14.6 Å². The number of hydrogen-bond donors (Lipinski definition) is 1. The van der Waals surface area contributed by atoms with Crippen LogP contribution in [0, 0.1) is 0 Å². The minimum Gasteiger partial charge on any atom is -0.397 e. The lowest BCUT2D eigenvalue weighted by Crippen LogP contribution is -2.29. The van der Waals surface area contributed by atoms with Crippen molar-refractivity contribution >= 4 is 9.28 Å². The standard InChI is InChI=1S/C13H31NO2Si/c1-4-7-10-13(11-8-9-12-14)17(15-5-2)16-6-3/h13,17H,4-12,14H2,1-3H3. The molecule has 0 aliphatic carbocycles. The van der Waals surface area contributed by atoms with Gasteiger partial charge in [-0.3, -0.25) is 0 Å². The summed E-state index contributed by atoms with van der Waals surface area (Å²) in [5, 5.41) is 0. The lowest BCUT2D eigenvalue weighted by molar-refractivity contribution is 0.199. The van der Waals surface area contributed by atoms with E-state index in [-0.39, 0.29) is 0 Å². The summed E-state index contributed by atoms with van der Waals surface area (Å²) >= 11 is 0. The third-order valence-electron chi connectivity index (χ3n) is 3.00. The summed E-state index contributed by atoms with van der Waals surface area (Å²) in [6, 6.07) is 0. The minimum absolute atomic E-state index is 0.668. The van der Waals surface area contributed by atoms with Crippen molar-refractivity contribution in [3.63, 3.8) is 0 Å². The molecule has 104 valence electrons. The molecule has 0 aromatic rings. The van der Waals surface area contributed by atoms with Gasteiger partial charge in [-0.1, -0.05) is 26.2 Å². The summed E-state index contributed by atoms with van der Waals surface area (Å²) < 4.78 is 11.7. The topological polar surface area (TPSA) is 44.5 Å². The number of rotatable bonds is 12. The molecule has 1 atom stereocenters. The quantitative estimate of drug-likeness (QED) is 0.434. The average molecular weight is 261 g/mol. The molecule has 0 saturated heterocycles. The van der Waals surface area contributed by atoms with Gasteiger partial charge in [0.25, 0.3) is 0 Å². The van der Waals surface area contributed by atoms with E-state index < -0.39 is 9.28 Å². The zero-order valence-electron chi connectivity index (χ0n) is 11.9. The molecule has 17 heavy (non-hydrogen) atoms. The molecule has 0 bridgehead atoms. The lowest BCUT2D eigenvalue weighted by atomic mass is 10.1. The predicted molar refractivity (Wildman–Crippen MR) is 76.6 cm³/mol. The highest BCUT2D eigenvalue weighted by Gasteiger charge is 2.24. The summed E-state index contributed by atoms with van der Waals surface area (Å²) in [6.07, 6.45) is 7.38. The van der Waals surface area contributed by atoms with Crippen molar-refractivity contribution in [3.05, 3.63) is 0 Å². The first kappa shape index (κ1) is 17.1. The van der Waals surface area contributed by atoms with Gasteiger partial charge in [0.05, 0.1) is 0 Å². The van der Waals surface area contributed by atoms with Crippen molar-refractivity contribution in [2.75, 3.05) is 19.8 Å². The smallest absolute Gasteiger partial charge is 0.324 e. The van der Waals surface area contributed by atoms with E-state index in [0.717, 1.165) is 26.2 Å². The molecule has 0 radical (unpaired) electrons. The summed E-state index contributed by atoms with van der Waals surface area (Å²) in [5.41, 5.74) is 6.23. The van der Waals surface area contributed by atoms with Crippen LogP contribution in [0.5, 0.6) is 0 Å². The Labute approximate surface area is 109 Å². The van der Waals surface area contributed by atoms with E-state index in [1.54, 1.807) is 0 Å². The molecule has 0 rings (SSSR count). The van der Waals surface area contributed by atoms with Gasteiger partial charge >= 0.3 is 9.28 Å². The second kappa shape index (κ2) is 12.6. The molecule has 0 fully saturated rings. The maximum Gasteiger partial charge on any atom is 0.324 e. The van der Waals surface area contributed by atoms with Crippen LogP contribution in [0.3, 0.4) is 0 Å². The van der Waals surface area contributed by atoms with Gasteiger partial charge in [-0.25, -0.2) is 0 Å². The first-order chi connectivity index (χ1) is 8.29. The SMILES string of the molecule is CCCCC(CCCCN)[SiH](OCC)OCC. The zero-order valence-corrected chi connectivity index (χ0v) is 13.1. The lowest BCUT2D eigenvalue weighted by Gasteiger charge is -2.24. The summed E-state index contributed by atoms with van der Waals surface area (Å²) in [6.45, 7) is 8.75. The van der Waals surface area contributed by atoms with E-state index in [1.807, 2.05) is 0 Å². The van der Waals surface area contributed by atoms with Crippen molar-refractivity contribution in [1.29, 1.82) is 0 Å². The molecule has 2 N–H and O–H groups in total.